The molecule has 36 heavy (non-hydrogen) atoms. The molecule has 1 heterocycles. The van der Waals surface area contributed by atoms with E-state index >= 15 is 0 Å². The molecule has 4 rings (SSSR count). The summed E-state index contributed by atoms with van der Waals surface area (Å²) >= 11 is 0. The molecule has 4 aromatic rings. The van der Waals surface area contributed by atoms with Crippen molar-refractivity contribution in [3.63, 3.8) is 0 Å². The van der Waals surface area contributed by atoms with Crippen LogP contribution in [0.3, 0.4) is 0 Å². The van der Waals surface area contributed by atoms with Crippen LogP contribution in [-0.2, 0) is 6.18 Å². The van der Waals surface area contributed by atoms with E-state index in [9.17, 15) is 22.4 Å². The van der Waals surface area contributed by atoms with Crippen molar-refractivity contribution in [3.8, 4) is 23.1 Å². The maximum absolute atomic E-state index is 14.5. The van der Waals surface area contributed by atoms with Gasteiger partial charge in [-0.1, -0.05) is 32.0 Å². The zero-order chi connectivity index (χ0) is 25.9. The van der Waals surface area contributed by atoms with Crippen molar-refractivity contribution in [1.82, 2.24) is 14.8 Å². The fourth-order valence-electron chi connectivity index (χ4n) is 3.32. The summed E-state index contributed by atoms with van der Waals surface area (Å²) in [6, 6.07) is 16.7. The average Bonchev–Trinajstić information content (AvgIpc) is 3.27. The van der Waals surface area contributed by atoms with Gasteiger partial charge in [0.1, 0.15) is 5.82 Å². The molecule has 10 heteroatoms. The highest BCUT2D eigenvalue weighted by Gasteiger charge is 2.31. The minimum Gasteiger partial charge on any atom is -0.462 e. The number of benzene rings is 3. The van der Waals surface area contributed by atoms with E-state index < -0.39 is 23.5 Å². The van der Waals surface area contributed by atoms with Crippen molar-refractivity contribution in [2.24, 2.45) is 5.92 Å². The van der Waals surface area contributed by atoms with E-state index in [0.29, 0.717) is 18.0 Å². The van der Waals surface area contributed by atoms with Gasteiger partial charge in [-0.15, -0.1) is 5.10 Å². The fraction of sp³-hybridized carbons (Fsp3) is 0.192. The van der Waals surface area contributed by atoms with Crippen molar-refractivity contribution in [3.05, 3.63) is 89.7 Å². The van der Waals surface area contributed by atoms with Crippen molar-refractivity contribution in [2.75, 3.05) is 11.9 Å². The molecule has 0 saturated heterocycles. The molecule has 1 aromatic heterocycles. The molecular formula is C26H22F4N4O2. The number of halogens is 4. The smallest absolute Gasteiger partial charge is 0.416 e. The largest absolute Gasteiger partial charge is 0.462 e. The van der Waals surface area contributed by atoms with Crippen LogP contribution in [0.15, 0.2) is 72.8 Å². The quantitative estimate of drug-likeness (QED) is 0.300. The number of carbonyl (C=O) groups is 1. The Kier molecular flexibility index (Phi) is 7.05. The first-order valence-corrected chi connectivity index (χ1v) is 11.1. The van der Waals surface area contributed by atoms with E-state index in [-0.39, 0.29) is 28.9 Å². The van der Waals surface area contributed by atoms with Crippen LogP contribution in [0.25, 0.3) is 17.1 Å². The monoisotopic (exact) mass is 498 g/mol. The van der Waals surface area contributed by atoms with E-state index in [2.05, 4.69) is 15.4 Å². The molecule has 0 aliphatic heterocycles. The molecule has 0 saturated carbocycles. The number of rotatable bonds is 7. The number of amides is 1. The van der Waals surface area contributed by atoms with Crippen molar-refractivity contribution in [1.29, 1.82) is 0 Å². The third kappa shape index (κ3) is 5.70. The second kappa shape index (κ2) is 10.2. The van der Waals surface area contributed by atoms with Gasteiger partial charge in [-0.3, -0.25) is 4.79 Å². The lowest BCUT2D eigenvalue weighted by molar-refractivity contribution is -0.137. The Morgan fingerprint density at radius 2 is 1.75 bits per heavy atom. The van der Waals surface area contributed by atoms with Crippen LogP contribution in [0.4, 0.5) is 23.2 Å². The number of anilines is 1. The summed E-state index contributed by atoms with van der Waals surface area (Å²) in [5, 5.41) is 6.94. The van der Waals surface area contributed by atoms with Gasteiger partial charge in [-0.05, 0) is 60.5 Å². The SMILES string of the molecule is CC(C)COc1nc(-c2ccccc2F)n(-c2ccc(NC(=O)c3cccc(C(F)(F)F)c3)cc2)n1. The first-order chi connectivity index (χ1) is 17.1. The van der Waals surface area contributed by atoms with E-state index in [0.717, 1.165) is 12.1 Å². The zero-order valence-electron chi connectivity index (χ0n) is 19.4. The van der Waals surface area contributed by atoms with Crippen molar-refractivity contribution in [2.45, 2.75) is 20.0 Å². The van der Waals surface area contributed by atoms with E-state index in [1.807, 2.05) is 13.8 Å². The molecule has 0 fully saturated rings. The topological polar surface area (TPSA) is 69.0 Å². The summed E-state index contributed by atoms with van der Waals surface area (Å²) in [5.41, 5.74) is 0.0559. The summed E-state index contributed by atoms with van der Waals surface area (Å²) in [6.07, 6.45) is -4.55. The Bertz CT molecular complexity index is 1370. The number of hydrogen-bond acceptors (Lipinski definition) is 4. The summed E-state index contributed by atoms with van der Waals surface area (Å²) in [7, 11) is 0. The fourth-order valence-corrected chi connectivity index (χ4v) is 3.32. The predicted octanol–water partition coefficient (Wildman–Crippen LogP) is 6.38. The molecule has 6 nitrogen and oxygen atoms in total. The Morgan fingerprint density at radius 1 is 1.03 bits per heavy atom. The molecule has 1 N–H and O–H groups in total. The molecule has 0 atom stereocenters. The van der Waals surface area contributed by atoms with Gasteiger partial charge < -0.3 is 10.1 Å². The number of aromatic nitrogens is 3. The lowest BCUT2D eigenvalue weighted by atomic mass is 10.1. The maximum Gasteiger partial charge on any atom is 0.416 e. The van der Waals surface area contributed by atoms with Gasteiger partial charge in [-0.25, -0.2) is 9.07 Å². The van der Waals surface area contributed by atoms with Crippen molar-refractivity contribution < 1.29 is 27.1 Å². The van der Waals surface area contributed by atoms with Gasteiger partial charge in [-0.2, -0.15) is 18.2 Å². The number of ether oxygens (including phenoxy) is 1. The molecule has 0 bridgehead atoms. The van der Waals surface area contributed by atoms with Crippen LogP contribution in [0.1, 0.15) is 29.8 Å². The highest BCUT2D eigenvalue weighted by molar-refractivity contribution is 6.04. The van der Waals surface area contributed by atoms with Crippen LogP contribution >= 0.6 is 0 Å². The molecule has 0 aliphatic rings. The minimum atomic E-state index is -4.55. The normalized spacial score (nSPS) is 11.5. The van der Waals surface area contributed by atoms with Crippen LogP contribution in [0, 0.1) is 11.7 Å². The summed E-state index contributed by atoms with van der Waals surface area (Å²) in [5.74, 6) is -0.709. The number of carbonyl (C=O) groups excluding carboxylic acids is 1. The Hall–Kier alpha value is -4.21. The molecule has 3 aromatic carbocycles. The molecule has 1 amide bonds. The maximum atomic E-state index is 14.5. The number of nitrogens with zero attached hydrogens (tertiary/aromatic N) is 3. The predicted molar refractivity (Wildman–Crippen MR) is 126 cm³/mol. The summed E-state index contributed by atoms with van der Waals surface area (Å²) in [4.78, 5) is 16.8. The van der Waals surface area contributed by atoms with Crippen LogP contribution in [-0.4, -0.2) is 27.3 Å². The second-order valence-electron chi connectivity index (χ2n) is 8.39. The summed E-state index contributed by atoms with van der Waals surface area (Å²) < 4.78 is 60.4. The van der Waals surface area contributed by atoms with Gasteiger partial charge in [0.05, 0.1) is 23.4 Å². The lowest BCUT2D eigenvalue weighted by Crippen LogP contribution is -2.14. The molecule has 0 unspecified atom stereocenters. The van der Waals surface area contributed by atoms with Crippen LogP contribution in [0.5, 0.6) is 6.01 Å². The summed E-state index contributed by atoms with van der Waals surface area (Å²) in [6.45, 7) is 4.32. The molecule has 0 aliphatic carbocycles. The van der Waals surface area contributed by atoms with Gasteiger partial charge in [0.15, 0.2) is 5.82 Å². The molecular weight excluding hydrogens is 476 g/mol. The lowest BCUT2D eigenvalue weighted by Gasteiger charge is -2.10. The van der Waals surface area contributed by atoms with Gasteiger partial charge in [0, 0.05) is 11.3 Å². The Labute approximate surface area is 204 Å². The first-order valence-electron chi connectivity index (χ1n) is 11.1. The van der Waals surface area contributed by atoms with Crippen LogP contribution < -0.4 is 10.1 Å². The molecule has 0 radical (unpaired) electrons. The Morgan fingerprint density at radius 3 is 2.42 bits per heavy atom. The standard InChI is InChI=1S/C26H22F4N4O2/c1-16(2)15-36-25-32-23(21-8-3-4-9-22(21)27)34(33-25)20-12-10-19(11-13-20)31-24(35)17-6-5-7-18(14-17)26(28,29)30/h3-14,16H,15H2,1-2H3,(H,31,35). The average molecular weight is 498 g/mol. The Balaban J connectivity index is 1.60. The van der Waals surface area contributed by atoms with Crippen molar-refractivity contribution >= 4 is 11.6 Å². The zero-order valence-corrected chi connectivity index (χ0v) is 19.4. The van der Waals surface area contributed by atoms with Gasteiger partial charge in [0.25, 0.3) is 5.91 Å². The van der Waals surface area contributed by atoms with Gasteiger partial charge in [0.2, 0.25) is 0 Å². The van der Waals surface area contributed by atoms with E-state index in [4.69, 9.17) is 4.74 Å². The second-order valence-corrected chi connectivity index (χ2v) is 8.39. The number of alkyl halides is 3. The third-order valence-corrected chi connectivity index (χ3v) is 5.07. The number of hydrogen-bond donors (Lipinski definition) is 1. The van der Waals surface area contributed by atoms with Gasteiger partial charge >= 0.3 is 12.2 Å². The minimum absolute atomic E-state index is 0.0869. The first kappa shape index (κ1) is 24.9. The highest BCUT2D eigenvalue weighted by Crippen LogP contribution is 2.30. The molecule has 186 valence electrons. The van der Waals surface area contributed by atoms with E-state index in [1.54, 1.807) is 42.5 Å². The molecule has 0 spiro atoms. The highest BCUT2D eigenvalue weighted by atomic mass is 19.4. The van der Waals surface area contributed by atoms with Crippen LogP contribution in [0.2, 0.25) is 0 Å². The number of nitrogens with one attached hydrogen (secondary N) is 1. The van der Waals surface area contributed by atoms with E-state index in [1.165, 1.54) is 22.9 Å². The third-order valence-electron chi connectivity index (χ3n) is 5.07.